The van der Waals surface area contributed by atoms with E-state index in [0.717, 1.165) is 33.3 Å². The monoisotopic (exact) mass is 1000 g/mol. The van der Waals surface area contributed by atoms with E-state index < -0.39 is 0 Å². The van der Waals surface area contributed by atoms with Crippen molar-refractivity contribution in [3.63, 3.8) is 0 Å². The largest absolute Gasteiger partial charge is 0.412 e. The van der Waals surface area contributed by atoms with Crippen LogP contribution in [-0.4, -0.2) is 53.8 Å². The summed E-state index contributed by atoms with van der Waals surface area (Å²) in [5.41, 5.74) is 16.4. The molecule has 5 aromatic heterocycles. The van der Waals surface area contributed by atoms with E-state index in [2.05, 4.69) is 176 Å². The minimum Gasteiger partial charge on any atom is -0.412 e. The Morgan fingerprint density at radius 2 is 1.32 bits per heavy atom. The maximum Gasteiger partial charge on any atom is 0.123 e. The van der Waals surface area contributed by atoms with Crippen molar-refractivity contribution in [1.29, 1.82) is 0 Å². The number of hydrogen-bond acceptors (Lipinski definition) is 6. The summed E-state index contributed by atoms with van der Waals surface area (Å²) in [6.07, 6.45) is 16.4. The zero-order valence-corrected chi connectivity index (χ0v) is 45.8. The van der Waals surface area contributed by atoms with Gasteiger partial charge in [0.2, 0.25) is 0 Å². The predicted octanol–water partition coefficient (Wildman–Crippen LogP) is 12.7. The number of aromatic nitrogens is 5. The Balaban J connectivity index is 0.000000391. The van der Waals surface area contributed by atoms with E-state index >= 15 is 0 Å². The van der Waals surface area contributed by atoms with Crippen LogP contribution in [0.3, 0.4) is 0 Å². The number of nitrogens with two attached hydrogens (primary N) is 1. The zero-order chi connectivity index (χ0) is 44.3. The molecule has 6 aromatic rings. The number of nitrogens with zero attached hydrogens (tertiary/aromatic N) is 7. The predicted molar refractivity (Wildman–Crippen MR) is 263 cm³/mol. The Morgan fingerprint density at radius 3 is 1.89 bits per heavy atom. The van der Waals surface area contributed by atoms with Gasteiger partial charge in [0.25, 0.3) is 0 Å². The van der Waals surface area contributed by atoms with E-state index in [0.29, 0.717) is 47.5 Å². The maximum absolute atomic E-state index is 5.52. The third-order valence-corrected chi connectivity index (χ3v) is 10.8. The molecular weight excluding hydrogens is 926 g/mol. The second kappa shape index (κ2) is 27.2. The topological polar surface area (TPSA) is 90.1 Å². The van der Waals surface area contributed by atoms with Crippen molar-refractivity contribution in [1.82, 2.24) is 29.0 Å². The van der Waals surface area contributed by atoms with Gasteiger partial charge in [-0.1, -0.05) is 137 Å². The molecule has 0 saturated heterocycles. The first-order valence-electron chi connectivity index (χ1n) is 21.5. The summed E-state index contributed by atoms with van der Waals surface area (Å²) in [6, 6.07) is 24.0. The number of allylic oxidation sites excluding steroid dienone is 1. The van der Waals surface area contributed by atoms with Crippen LogP contribution in [0, 0.1) is 31.9 Å². The third-order valence-electron chi connectivity index (χ3n) is 10.8. The number of fused-ring (bicyclic) bond motifs is 3. The molecule has 10 heteroatoms. The van der Waals surface area contributed by atoms with E-state index in [1.54, 1.807) is 0 Å². The summed E-state index contributed by atoms with van der Waals surface area (Å²) in [4.78, 5) is 19.9. The number of likely N-dealkylation sites (N-methyl/N-ethyl adjacent to an activating group) is 1. The normalized spacial score (nSPS) is 14.6. The summed E-state index contributed by atoms with van der Waals surface area (Å²) in [5.74, 6) is 3.34. The van der Waals surface area contributed by atoms with E-state index in [-0.39, 0.29) is 72.8 Å². The summed E-state index contributed by atoms with van der Waals surface area (Å²) in [6.45, 7) is 25.9. The molecule has 2 unspecified atom stereocenters. The van der Waals surface area contributed by atoms with Gasteiger partial charge in [-0.15, -0.1) is 11.5 Å². The average molecular weight is 1000 g/mol. The van der Waals surface area contributed by atoms with E-state index in [4.69, 9.17) is 10.7 Å². The molecule has 334 valence electrons. The Kier molecular flexibility index (Phi) is 25.0. The molecular formula is C53H74N8Y2-2. The molecule has 0 fully saturated rings. The molecule has 2 aliphatic heterocycles. The Bertz CT molecular complexity index is 2300. The molecule has 2 N–H and O–H groups in total. The molecule has 0 bridgehead atoms. The quantitative estimate of drug-likeness (QED) is 0.174. The van der Waals surface area contributed by atoms with Crippen molar-refractivity contribution in [2.24, 2.45) is 25.0 Å². The van der Waals surface area contributed by atoms with Gasteiger partial charge in [0.15, 0.2) is 0 Å². The number of pyridine rings is 3. The molecule has 0 saturated carbocycles. The molecule has 2 radical (unpaired) electrons. The molecule has 1 aromatic carbocycles. The first-order valence-corrected chi connectivity index (χ1v) is 21.5. The van der Waals surface area contributed by atoms with Crippen LogP contribution in [0.15, 0.2) is 103 Å². The first-order chi connectivity index (χ1) is 28.4. The fourth-order valence-electron chi connectivity index (χ4n) is 6.85. The van der Waals surface area contributed by atoms with Crippen LogP contribution in [-0.2, 0) is 79.5 Å². The number of anilines is 1. The van der Waals surface area contributed by atoms with Gasteiger partial charge in [-0.2, -0.15) is 23.6 Å². The van der Waals surface area contributed by atoms with Crippen LogP contribution in [0.1, 0.15) is 134 Å². The zero-order valence-electron chi connectivity index (χ0n) is 40.1. The van der Waals surface area contributed by atoms with Crippen LogP contribution in [0.5, 0.6) is 0 Å². The van der Waals surface area contributed by atoms with Gasteiger partial charge >= 0.3 is 0 Å². The number of rotatable bonds is 5. The van der Waals surface area contributed by atoms with Crippen molar-refractivity contribution in [2.75, 3.05) is 12.8 Å². The van der Waals surface area contributed by atoms with Crippen molar-refractivity contribution in [2.45, 2.75) is 126 Å². The average Bonchev–Trinajstić information content (AvgIpc) is 3.90. The van der Waals surface area contributed by atoms with E-state index in [1.165, 1.54) is 28.0 Å². The van der Waals surface area contributed by atoms with E-state index in [9.17, 15) is 0 Å². The molecule has 7 heterocycles. The number of hydrogen-bond donors (Lipinski definition) is 1. The second-order valence-corrected chi connectivity index (χ2v) is 17.5. The molecule has 8 nitrogen and oxygen atoms in total. The SMILES string of the molecule is C.CC(C)C1=NC2C=CN(C)C2C=C1.CC(C)c1cc2[c-]cn(C)c2cn1.CC(C)c1cnc2c([c-]cn2C)c1.Cc1cccc(C(C)C)c1.Cc1nc(N)ccc1C(C)C.[Y].[Y]. The Hall–Kier alpha value is -3.29. The van der Waals surface area contributed by atoms with Crippen molar-refractivity contribution in [3.05, 3.63) is 144 Å². The second-order valence-electron chi connectivity index (χ2n) is 17.5. The van der Waals surface area contributed by atoms with Crippen LogP contribution >= 0.6 is 0 Å². The summed E-state index contributed by atoms with van der Waals surface area (Å²) >= 11 is 0. The Labute approximate surface area is 431 Å². The van der Waals surface area contributed by atoms with Crippen LogP contribution in [0.4, 0.5) is 5.82 Å². The van der Waals surface area contributed by atoms with Crippen molar-refractivity contribution >= 4 is 33.5 Å². The minimum atomic E-state index is 0. The Morgan fingerprint density at radius 1 is 0.667 bits per heavy atom. The van der Waals surface area contributed by atoms with Crippen molar-refractivity contribution < 1.29 is 65.4 Å². The number of aliphatic imine (C=N–C) groups is 1. The van der Waals surface area contributed by atoms with Gasteiger partial charge in [-0.3, -0.25) is 9.98 Å². The first kappa shape index (κ1) is 57.7. The van der Waals surface area contributed by atoms with Crippen LogP contribution < -0.4 is 5.73 Å². The summed E-state index contributed by atoms with van der Waals surface area (Å²) < 4.78 is 4.02. The van der Waals surface area contributed by atoms with Gasteiger partial charge < -0.3 is 24.8 Å². The molecule has 63 heavy (non-hydrogen) atoms. The molecule has 0 spiro atoms. The van der Waals surface area contributed by atoms with Gasteiger partial charge in [-0.25, -0.2) is 4.98 Å². The standard InChI is InChI=1S/2C11H13N2.C11H16N2.C10H14.C9H14N2.CH4.2Y/c1-8(2)10-6-9-4-5-13(3)11(9)7-12-10;1-8(2)10-6-9-4-5-13(3)11(9)12-7-10;1-8(2)9-4-5-11-10(12-9)6-7-13(11)3;1-8(2)10-6-4-5-9(3)7-10;1-6(2)8-4-5-9(10)11-7(8)3;;;/h2*5-8H,1-3H3;4-8,10-11H,1-3H3;4-8H,1-3H3;4-6H,1-3H3,(H2,10,11);1H4;;/q2*-1;;;;;;. The maximum atomic E-state index is 5.52. The molecule has 2 atom stereocenters. The minimum absolute atomic E-state index is 0. The fraction of sp³-hybridized carbons (Fsp3) is 0.434. The van der Waals surface area contributed by atoms with Crippen LogP contribution in [0.25, 0.3) is 21.9 Å². The number of aryl methyl sites for hydroxylation is 4. The van der Waals surface area contributed by atoms with E-state index in [1.807, 2.05) is 67.1 Å². The van der Waals surface area contributed by atoms with Crippen molar-refractivity contribution in [3.8, 4) is 0 Å². The number of nitrogen functional groups attached to an aromatic ring is 1. The molecule has 8 rings (SSSR count). The number of dihydropyridines is 1. The summed E-state index contributed by atoms with van der Waals surface area (Å²) in [7, 11) is 6.10. The molecule has 0 aliphatic carbocycles. The third kappa shape index (κ3) is 16.9. The molecule has 0 amide bonds. The number of benzene rings is 1. The van der Waals surface area contributed by atoms with Gasteiger partial charge in [0.05, 0.1) is 12.1 Å². The smallest absolute Gasteiger partial charge is 0.123 e. The van der Waals surface area contributed by atoms with Gasteiger partial charge in [0, 0.05) is 95.7 Å². The summed E-state index contributed by atoms with van der Waals surface area (Å²) in [5, 5.41) is 2.26. The molecule has 2 aliphatic rings. The van der Waals surface area contributed by atoms with Gasteiger partial charge in [-0.05, 0) is 110 Å². The van der Waals surface area contributed by atoms with Crippen LogP contribution in [0.2, 0.25) is 0 Å². The van der Waals surface area contributed by atoms with Gasteiger partial charge in [0.1, 0.15) is 5.82 Å². The fourth-order valence-corrected chi connectivity index (χ4v) is 6.85.